The zero-order chi connectivity index (χ0) is 19.8. The smallest absolute Gasteiger partial charge is 0.276 e. The minimum Gasteiger partial charge on any atom is -0.378 e. The Morgan fingerprint density at radius 1 is 1.10 bits per heavy atom. The van der Waals surface area contributed by atoms with Gasteiger partial charge in [-0.25, -0.2) is 4.68 Å². The number of carbonyl (C=O) groups is 2. The Morgan fingerprint density at radius 2 is 1.90 bits per heavy atom. The van der Waals surface area contributed by atoms with Gasteiger partial charge in [0.15, 0.2) is 5.69 Å². The molecule has 3 heterocycles. The van der Waals surface area contributed by atoms with Crippen molar-refractivity contribution in [1.82, 2.24) is 19.6 Å². The topological polar surface area (TPSA) is 67.7 Å². The van der Waals surface area contributed by atoms with Crippen LogP contribution in [0.3, 0.4) is 0 Å². The molecule has 2 fully saturated rings. The average Bonchev–Trinajstić information content (AvgIpc) is 3.50. The second kappa shape index (κ2) is 7.84. The molecule has 1 aromatic carbocycles. The maximum absolute atomic E-state index is 13.5. The van der Waals surface area contributed by atoms with Crippen LogP contribution in [0.25, 0.3) is 5.69 Å². The molecule has 0 spiro atoms. The van der Waals surface area contributed by atoms with Crippen LogP contribution in [-0.4, -0.2) is 75.4 Å². The highest BCUT2D eigenvalue weighted by molar-refractivity contribution is 7.99. The molecule has 8 heteroatoms. The standard InChI is InChI=1S/C21H24N4O3S/c26-20(23-9-11-28-12-10-23)18-13-29-14-24(18)21(27)19-16-7-4-8-17(16)25(22-19)15-5-2-1-3-6-15/h1-3,5-6,18H,4,7-14H2. The second-order valence-electron chi connectivity index (χ2n) is 7.60. The lowest BCUT2D eigenvalue weighted by Gasteiger charge is -2.32. The summed E-state index contributed by atoms with van der Waals surface area (Å²) >= 11 is 1.63. The number of benzene rings is 1. The van der Waals surface area contributed by atoms with Gasteiger partial charge in [0.2, 0.25) is 5.91 Å². The number of nitrogens with zero attached hydrogens (tertiary/aromatic N) is 4. The highest BCUT2D eigenvalue weighted by atomic mass is 32.2. The first-order valence-electron chi connectivity index (χ1n) is 10.2. The van der Waals surface area contributed by atoms with Gasteiger partial charge in [0.1, 0.15) is 6.04 Å². The van der Waals surface area contributed by atoms with E-state index in [0.29, 0.717) is 43.6 Å². The van der Waals surface area contributed by atoms with E-state index in [4.69, 9.17) is 9.84 Å². The van der Waals surface area contributed by atoms with Crippen molar-refractivity contribution in [3.05, 3.63) is 47.3 Å². The van der Waals surface area contributed by atoms with Crippen molar-refractivity contribution in [2.45, 2.75) is 25.3 Å². The third-order valence-corrected chi connectivity index (χ3v) is 6.90. The molecule has 1 aliphatic carbocycles. The molecule has 1 aromatic heterocycles. The largest absolute Gasteiger partial charge is 0.378 e. The number of hydrogen-bond donors (Lipinski definition) is 0. The first kappa shape index (κ1) is 18.7. The molecule has 0 saturated carbocycles. The van der Waals surface area contributed by atoms with Gasteiger partial charge < -0.3 is 14.5 Å². The van der Waals surface area contributed by atoms with E-state index >= 15 is 0 Å². The third kappa shape index (κ3) is 3.34. The number of ether oxygens (including phenoxy) is 1. The van der Waals surface area contributed by atoms with Gasteiger partial charge in [-0.1, -0.05) is 18.2 Å². The van der Waals surface area contributed by atoms with Crippen LogP contribution in [0, 0.1) is 0 Å². The van der Waals surface area contributed by atoms with E-state index in [0.717, 1.165) is 36.2 Å². The predicted molar refractivity (Wildman–Crippen MR) is 110 cm³/mol. The van der Waals surface area contributed by atoms with Crippen molar-refractivity contribution >= 4 is 23.6 Å². The van der Waals surface area contributed by atoms with Crippen LogP contribution in [-0.2, 0) is 22.4 Å². The van der Waals surface area contributed by atoms with Gasteiger partial charge in [-0.3, -0.25) is 9.59 Å². The van der Waals surface area contributed by atoms with Gasteiger partial charge >= 0.3 is 0 Å². The first-order chi connectivity index (χ1) is 14.2. The Bertz CT molecular complexity index is 924. The Labute approximate surface area is 174 Å². The van der Waals surface area contributed by atoms with E-state index in [9.17, 15) is 9.59 Å². The highest BCUT2D eigenvalue weighted by Gasteiger charge is 2.40. The summed E-state index contributed by atoms with van der Waals surface area (Å²) in [6.07, 6.45) is 2.83. The van der Waals surface area contributed by atoms with Crippen molar-refractivity contribution in [1.29, 1.82) is 0 Å². The van der Waals surface area contributed by atoms with Gasteiger partial charge in [0.25, 0.3) is 5.91 Å². The van der Waals surface area contributed by atoms with E-state index in [1.165, 1.54) is 0 Å². The molecule has 2 saturated heterocycles. The number of morpholine rings is 1. The summed E-state index contributed by atoms with van der Waals surface area (Å²) < 4.78 is 7.27. The van der Waals surface area contributed by atoms with Crippen LogP contribution >= 0.6 is 11.8 Å². The Balaban J connectivity index is 1.44. The molecule has 7 nitrogen and oxygen atoms in total. The normalized spacial score (nSPS) is 21.4. The molecule has 1 atom stereocenters. The molecular formula is C21H24N4O3S. The van der Waals surface area contributed by atoms with Crippen molar-refractivity contribution in [3.63, 3.8) is 0 Å². The Hall–Kier alpha value is -2.32. The summed E-state index contributed by atoms with van der Waals surface area (Å²) in [6, 6.07) is 9.54. The first-order valence-corrected chi connectivity index (χ1v) is 11.3. The molecule has 2 aromatic rings. The van der Waals surface area contributed by atoms with E-state index < -0.39 is 6.04 Å². The van der Waals surface area contributed by atoms with E-state index in [1.807, 2.05) is 39.9 Å². The second-order valence-corrected chi connectivity index (χ2v) is 8.60. The Morgan fingerprint density at radius 3 is 2.69 bits per heavy atom. The summed E-state index contributed by atoms with van der Waals surface area (Å²) in [6.45, 7) is 2.32. The number of aromatic nitrogens is 2. The molecule has 2 aliphatic heterocycles. The number of fused-ring (bicyclic) bond motifs is 1. The summed E-state index contributed by atoms with van der Waals surface area (Å²) in [5.74, 6) is 1.09. The summed E-state index contributed by atoms with van der Waals surface area (Å²) in [7, 11) is 0. The number of amides is 2. The quantitative estimate of drug-likeness (QED) is 0.768. The number of thioether (sulfide) groups is 1. The number of rotatable bonds is 3. The van der Waals surface area contributed by atoms with E-state index in [-0.39, 0.29) is 11.8 Å². The maximum atomic E-state index is 13.5. The molecule has 2 amide bonds. The van der Waals surface area contributed by atoms with Crippen molar-refractivity contribution < 1.29 is 14.3 Å². The molecular weight excluding hydrogens is 388 g/mol. The maximum Gasteiger partial charge on any atom is 0.276 e. The number of carbonyl (C=O) groups excluding carboxylic acids is 2. The summed E-state index contributed by atoms with van der Waals surface area (Å²) in [4.78, 5) is 30.1. The third-order valence-electron chi connectivity index (χ3n) is 5.88. The van der Waals surface area contributed by atoms with Gasteiger partial charge in [-0.2, -0.15) is 5.10 Å². The molecule has 29 heavy (non-hydrogen) atoms. The molecule has 152 valence electrons. The summed E-state index contributed by atoms with van der Waals surface area (Å²) in [5, 5.41) is 4.72. The lowest BCUT2D eigenvalue weighted by atomic mass is 10.1. The lowest BCUT2D eigenvalue weighted by Crippen LogP contribution is -2.52. The van der Waals surface area contributed by atoms with Crippen LogP contribution < -0.4 is 0 Å². The lowest BCUT2D eigenvalue weighted by molar-refractivity contribution is -0.138. The van der Waals surface area contributed by atoms with E-state index in [1.54, 1.807) is 16.7 Å². The summed E-state index contributed by atoms with van der Waals surface area (Å²) in [5.41, 5.74) is 3.67. The predicted octanol–water partition coefficient (Wildman–Crippen LogP) is 1.73. The molecule has 1 unspecified atom stereocenters. The number of para-hydroxylation sites is 1. The molecule has 3 aliphatic rings. The Kier molecular flexibility index (Phi) is 5.05. The van der Waals surface area contributed by atoms with Crippen LogP contribution in [0.15, 0.2) is 30.3 Å². The van der Waals surface area contributed by atoms with Crippen molar-refractivity contribution in [3.8, 4) is 5.69 Å². The van der Waals surface area contributed by atoms with Crippen LogP contribution in [0.5, 0.6) is 0 Å². The highest BCUT2D eigenvalue weighted by Crippen LogP contribution is 2.31. The number of hydrogen-bond acceptors (Lipinski definition) is 5. The zero-order valence-electron chi connectivity index (χ0n) is 16.2. The molecule has 5 rings (SSSR count). The average molecular weight is 413 g/mol. The van der Waals surface area contributed by atoms with Gasteiger partial charge in [0, 0.05) is 30.1 Å². The van der Waals surface area contributed by atoms with Crippen LogP contribution in [0.2, 0.25) is 0 Å². The fourth-order valence-corrected chi connectivity index (χ4v) is 5.51. The monoisotopic (exact) mass is 412 g/mol. The molecule has 0 radical (unpaired) electrons. The fraction of sp³-hybridized carbons (Fsp3) is 0.476. The van der Waals surface area contributed by atoms with Crippen molar-refractivity contribution in [2.75, 3.05) is 37.9 Å². The van der Waals surface area contributed by atoms with Crippen molar-refractivity contribution in [2.24, 2.45) is 0 Å². The van der Waals surface area contributed by atoms with E-state index in [2.05, 4.69) is 0 Å². The van der Waals surface area contributed by atoms with Crippen LogP contribution in [0.1, 0.15) is 28.2 Å². The minimum absolute atomic E-state index is 0.0331. The zero-order valence-corrected chi connectivity index (χ0v) is 17.1. The molecule has 0 N–H and O–H groups in total. The van der Waals surface area contributed by atoms with Gasteiger partial charge in [-0.05, 0) is 31.4 Å². The van der Waals surface area contributed by atoms with Crippen LogP contribution in [0.4, 0.5) is 0 Å². The molecule has 0 bridgehead atoms. The van der Waals surface area contributed by atoms with Gasteiger partial charge in [0.05, 0.1) is 24.8 Å². The minimum atomic E-state index is -0.412. The SMILES string of the molecule is O=C(C1CSCN1C(=O)c1nn(-c2ccccc2)c2c1CCC2)N1CCOCC1. The van der Waals surface area contributed by atoms with Gasteiger partial charge in [-0.15, -0.1) is 11.8 Å². The fourth-order valence-electron chi connectivity index (χ4n) is 4.37.